The number of amides is 2. The highest BCUT2D eigenvalue weighted by Gasteiger charge is 2.33. The van der Waals surface area contributed by atoms with Gasteiger partial charge in [-0.2, -0.15) is 0 Å². The Balaban J connectivity index is 5.39. The van der Waals surface area contributed by atoms with Gasteiger partial charge in [-0.1, -0.05) is 13.8 Å². The van der Waals surface area contributed by atoms with Gasteiger partial charge in [0.15, 0.2) is 0 Å². The molecule has 0 aromatic carbocycles. The zero-order valence-corrected chi connectivity index (χ0v) is 19.1. The largest absolute Gasteiger partial charge is 0.460 e. The molecule has 0 saturated carbocycles. The summed E-state index contributed by atoms with van der Waals surface area (Å²) in [6.45, 7) is 13.8. The van der Waals surface area contributed by atoms with Gasteiger partial charge in [-0.05, 0) is 54.5 Å². The highest BCUT2D eigenvalue weighted by Crippen LogP contribution is 2.13. The molecule has 0 aromatic rings. The summed E-state index contributed by atoms with van der Waals surface area (Å²) in [7, 11) is 1.58. The molecule has 0 rings (SSSR count). The quantitative estimate of drug-likeness (QED) is 0.478. The van der Waals surface area contributed by atoms with Crippen molar-refractivity contribution in [1.29, 1.82) is 0 Å². The van der Waals surface area contributed by atoms with Gasteiger partial charge in [-0.3, -0.25) is 14.4 Å². The Bertz CT molecular complexity index is 590. The van der Waals surface area contributed by atoms with Crippen molar-refractivity contribution in [2.75, 3.05) is 13.6 Å². The van der Waals surface area contributed by atoms with Gasteiger partial charge in [-0.15, -0.1) is 0 Å². The SMILES string of the molecule is CNCC(=O)N[C@@H](CC(=O)OC(C)(C)C)C(=O)N[C@H](C(=O)OC(C)(C)C)C(C)C. The first-order valence-electron chi connectivity index (χ1n) is 9.74. The van der Waals surface area contributed by atoms with E-state index in [1.54, 1.807) is 62.4 Å². The number of hydrogen-bond acceptors (Lipinski definition) is 7. The normalized spacial score (nSPS) is 14.0. The summed E-state index contributed by atoms with van der Waals surface area (Å²) in [6.07, 6.45) is -0.363. The monoisotopic (exact) mass is 415 g/mol. The molecule has 0 heterocycles. The van der Waals surface area contributed by atoms with E-state index in [2.05, 4.69) is 16.0 Å². The molecule has 2 amide bonds. The van der Waals surface area contributed by atoms with Crippen LogP contribution in [0.2, 0.25) is 0 Å². The van der Waals surface area contributed by atoms with Gasteiger partial charge in [0.25, 0.3) is 0 Å². The lowest BCUT2D eigenvalue weighted by Gasteiger charge is -2.28. The summed E-state index contributed by atoms with van der Waals surface area (Å²) < 4.78 is 10.6. The average molecular weight is 416 g/mol. The van der Waals surface area contributed by atoms with Gasteiger partial charge in [0, 0.05) is 0 Å². The number of ether oxygens (including phenoxy) is 2. The lowest BCUT2D eigenvalue weighted by Crippen LogP contribution is -2.55. The molecule has 0 fully saturated rings. The number of hydrogen-bond donors (Lipinski definition) is 3. The Labute approximate surface area is 173 Å². The average Bonchev–Trinajstić information content (AvgIpc) is 2.47. The van der Waals surface area contributed by atoms with Crippen LogP contribution in [0.5, 0.6) is 0 Å². The molecule has 3 N–H and O–H groups in total. The summed E-state index contributed by atoms with van der Waals surface area (Å²) in [5.41, 5.74) is -1.45. The van der Waals surface area contributed by atoms with Gasteiger partial charge in [0.1, 0.15) is 23.3 Å². The molecule has 0 aliphatic rings. The standard InChI is InChI=1S/C20H37N3O6/c1-12(2)16(18(27)29-20(6,7)8)23-17(26)13(22-14(24)11-21-9)10-15(25)28-19(3,4)5/h12-13,16,21H,10-11H2,1-9H3,(H,22,24)(H,23,26)/t13-,16-/m0/s1. The van der Waals surface area contributed by atoms with Gasteiger partial charge < -0.3 is 25.4 Å². The van der Waals surface area contributed by atoms with Crippen LogP contribution in [0.4, 0.5) is 0 Å². The van der Waals surface area contributed by atoms with Crippen LogP contribution in [0.3, 0.4) is 0 Å². The summed E-state index contributed by atoms with van der Waals surface area (Å²) in [5, 5.41) is 7.77. The molecule has 0 spiro atoms. The molecule has 0 aliphatic carbocycles. The first kappa shape index (κ1) is 26.8. The second-order valence-electron chi connectivity index (χ2n) is 9.20. The predicted molar refractivity (Wildman–Crippen MR) is 109 cm³/mol. The predicted octanol–water partition coefficient (Wildman–Crippen LogP) is 0.905. The van der Waals surface area contributed by atoms with Crippen molar-refractivity contribution >= 4 is 23.8 Å². The fraction of sp³-hybridized carbons (Fsp3) is 0.800. The summed E-state index contributed by atoms with van der Waals surface area (Å²) in [6, 6.07) is -2.11. The van der Waals surface area contributed by atoms with Crippen molar-refractivity contribution in [3.8, 4) is 0 Å². The minimum atomic E-state index is -1.19. The van der Waals surface area contributed by atoms with E-state index in [0.717, 1.165) is 0 Å². The second-order valence-corrected chi connectivity index (χ2v) is 9.20. The third-order valence-electron chi connectivity index (χ3n) is 3.40. The maximum Gasteiger partial charge on any atom is 0.329 e. The Morgan fingerprint density at radius 3 is 1.79 bits per heavy atom. The third kappa shape index (κ3) is 12.1. The van der Waals surface area contributed by atoms with E-state index in [0.29, 0.717) is 0 Å². The van der Waals surface area contributed by atoms with Gasteiger partial charge in [0.05, 0.1) is 13.0 Å². The molecular weight excluding hydrogens is 378 g/mol. The third-order valence-corrected chi connectivity index (χ3v) is 3.40. The Morgan fingerprint density at radius 1 is 0.862 bits per heavy atom. The van der Waals surface area contributed by atoms with Crippen LogP contribution in [-0.4, -0.2) is 60.6 Å². The van der Waals surface area contributed by atoms with Crippen LogP contribution < -0.4 is 16.0 Å². The maximum atomic E-state index is 12.8. The molecule has 29 heavy (non-hydrogen) atoms. The van der Waals surface area contributed by atoms with Crippen molar-refractivity contribution in [3.63, 3.8) is 0 Å². The zero-order valence-electron chi connectivity index (χ0n) is 19.1. The molecule has 0 saturated heterocycles. The number of carbonyl (C=O) groups excluding carboxylic acids is 4. The molecule has 0 bridgehead atoms. The van der Waals surface area contributed by atoms with E-state index in [4.69, 9.17) is 9.47 Å². The van der Waals surface area contributed by atoms with Crippen LogP contribution in [0.15, 0.2) is 0 Å². The Morgan fingerprint density at radius 2 is 1.38 bits per heavy atom. The van der Waals surface area contributed by atoms with E-state index in [-0.39, 0.29) is 18.9 Å². The molecule has 0 radical (unpaired) electrons. The fourth-order valence-electron chi connectivity index (χ4n) is 2.28. The van der Waals surface area contributed by atoms with Crippen LogP contribution in [0, 0.1) is 5.92 Å². The van der Waals surface area contributed by atoms with Crippen molar-refractivity contribution in [2.24, 2.45) is 5.92 Å². The molecule has 9 heteroatoms. The van der Waals surface area contributed by atoms with E-state index in [1.807, 2.05) is 0 Å². The lowest BCUT2D eigenvalue weighted by atomic mass is 10.0. The number of esters is 2. The summed E-state index contributed by atoms with van der Waals surface area (Å²) in [4.78, 5) is 49.4. The minimum Gasteiger partial charge on any atom is -0.460 e. The lowest BCUT2D eigenvalue weighted by molar-refractivity contribution is -0.160. The number of likely N-dealkylation sites (N-methyl/N-ethyl adjacent to an activating group) is 1. The molecule has 0 unspecified atom stereocenters. The first-order valence-corrected chi connectivity index (χ1v) is 9.74. The first-order chi connectivity index (χ1) is 13.1. The molecule has 0 aliphatic heterocycles. The van der Waals surface area contributed by atoms with E-state index < -0.39 is 47.0 Å². The molecule has 9 nitrogen and oxygen atoms in total. The molecule has 2 atom stereocenters. The van der Waals surface area contributed by atoms with Crippen molar-refractivity contribution in [2.45, 2.75) is 85.1 Å². The van der Waals surface area contributed by atoms with Crippen molar-refractivity contribution in [1.82, 2.24) is 16.0 Å². The maximum absolute atomic E-state index is 12.8. The summed E-state index contributed by atoms with van der Waals surface area (Å²) in [5.74, 6) is -2.61. The highest BCUT2D eigenvalue weighted by atomic mass is 16.6. The smallest absolute Gasteiger partial charge is 0.329 e. The van der Waals surface area contributed by atoms with Crippen LogP contribution in [0.25, 0.3) is 0 Å². The number of nitrogens with one attached hydrogen (secondary N) is 3. The van der Waals surface area contributed by atoms with Crippen LogP contribution >= 0.6 is 0 Å². The van der Waals surface area contributed by atoms with Crippen molar-refractivity contribution in [3.05, 3.63) is 0 Å². The van der Waals surface area contributed by atoms with E-state index >= 15 is 0 Å². The van der Waals surface area contributed by atoms with Crippen LogP contribution in [-0.2, 0) is 28.7 Å². The van der Waals surface area contributed by atoms with Crippen molar-refractivity contribution < 1.29 is 28.7 Å². The summed E-state index contributed by atoms with van der Waals surface area (Å²) >= 11 is 0. The van der Waals surface area contributed by atoms with Gasteiger partial charge in [0.2, 0.25) is 11.8 Å². The number of carbonyl (C=O) groups is 4. The second kappa shape index (κ2) is 11.1. The highest BCUT2D eigenvalue weighted by molar-refractivity contribution is 5.93. The molecular formula is C20H37N3O6. The van der Waals surface area contributed by atoms with E-state index in [1.165, 1.54) is 0 Å². The molecule has 0 aromatic heterocycles. The molecule has 168 valence electrons. The zero-order chi connectivity index (χ0) is 23.0. The van der Waals surface area contributed by atoms with E-state index in [9.17, 15) is 19.2 Å². The van der Waals surface area contributed by atoms with Gasteiger partial charge in [-0.25, -0.2) is 4.79 Å². The Kier molecular flexibility index (Phi) is 10.3. The van der Waals surface area contributed by atoms with Gasteiger partial charge >= 0.3 is 11.9 Å². The number of rotatable bonds is 9. The topological polar surface area (TPSA) is 123 Å². The fourth-order valence-corrected chi connectivity index (χ4v) is 2.28. The minimum absolute atomic E-state index is 0.0300. The van der Waals surface area contributed by atoms with Crippen LogP contribution in [0.1, 0.15) is 61.8 Å². The Hall–Kier alpha value is -2.16.